The van der Waals surface area contributed by atoms with Crippen LogP contribution in [0.4, 0.5) is 0 Å². The van der Waals surface area contributed by atoms with Crippen LogP contribution in [0, 0.1) is 35.5 Å². The highest BCUT2D eigenvalue weighted by molar-refractivity contribution is 4.87. The summed E-state index contributed by atoms with van der Waals surface area (Å²) in [4.78, 5) is 0. The van der Waals surface area contributed by atoms with Gasteiger partial charge in [-0.3, -0.25) is 0 Å². The second-order valence-electron chi connectivity index (χ2n) is 8.37. The van der Waals surface area contributed by atoms with Crippen LogP contribution in [-0.4, -0.2) is 0 Å². The van der Waals surface area contributed by atoms with Gasteiger partial charge in [0.2, 0.25) is 0 Å². The monoisotopic (exact) mass is 262 g/mol. The summed E-state index contributed by atoms with van der Waals surface area (Å²) in [5.74, 6) is 6.52. The predicted octanol–water partition coefficient (Wildman–Crippen LogP) is 6.06. The normalized spacial score (nSPS) is 48.3. The topological polar surface area (TPSA) is 0 Å². The number of hydrogen-bond acceptors (Lipinski definition) is 0. The molecule has 0 aromatic rings. The van der Waals surface area contributed by atoms with E-state index in [0.717, 1.165) is 35.5 Å². The van der Waals surface area contributed by atoms with Gasteiger partial charge >= 0.3 is 0 Å². The van der Waals surface area contributed by atoms with Gasteiger partial charge in [-0.25, -0.2) is 0 Å². The lowest BCUT2D eigenvalue weighted by atomic mass is 9.73. The van der Waals surface area contributed by atoms with Crippen LogP contribution in [0.15, 0.2) is 0 Å². The van der Waals surface area contributed by atoms with Crippen molar-refractivity contribution >= 4 is 0 Å². The van der Waals surface area contributed by atoms with Crippen molar-refractivity contribution in [1.29, 1.82) is 0 Å². The molecule has 19 heavy (non-hydrogen) atoms. The molecule has 3 fully saturated rings. The Bertz CT molecular complexity index is 238. The highest BCUT2D eigenvalue weighted by Gasteiger charge is 2.36. The molecule has 0 aromatic heterocycles. The van der Waals surface area contributed by atoms with Gasteiger partial charge in [0.15, 0.2) is 0 Å². The second-order valence-corrected chi connectivity index (χ2v) is 8.37. The van der Waals surface area contributed by atoms with Gasteiger partial charge in [-0.2, -0.15) is 0 Å². The van der Waals surface area contributed by atoms with Crippen molar-refractivity contribution in [1.82, 2.24) is 0 Å². The number of hydrogen-bond donors (Lipinski definition) is 0. The van der Waals surface area contributed by atoms with Gasteiger partial charge in [0.25, 0.3) is 0 Å². The molecule has 0 saturated heterocycles. The summed E-state index contributed by atoms with van der Waals surface area (Å²) < 4.78 is 0. The van der Waals surface area contributed by atoms with Crippen LogP contribution in [0.3, 0.4) is 0 Å². The second kappa shape index (κ2) is 6.19. The zero-order valence-electron chi connectivity index (χ0n) is 13.2. The van der Waals surface area contributed by atoms with Gasteiger partial charge in [0.1, 0.15) is 0 Å². The van der Waals surface area contributed by atoms with Crippen LogP contribution in [0.5, 0.6) is 0 Å². The van der Waals surface area contributed by atoms with Gasteiger partial charge in [-0.1, -0.05) is 39.5 Å². The Labute approximate surface area is 120 Å². The van der Waals surface area contributed by atoms with E-state index in [1.54, 1.807) is 44.9 Å². The molecule has 0 nitrogen and oxygen atoms in total. The summed E-state index contributed by atoms with van der Waals surface area (Å²) in [5, 5.41) is 0. The van der Waals surface area contributed by atoms with Crippen LogP contribution in [-0.2, 0) is 0 Å². The Kier molecular flexibility index (Phi) is 4.54. The molecule has 110 valence electrons. The molecule has 0 spiro atoms. The van der Waals surface area contributed by atoms with Crippen molar-refractivity contribution in [2.45, 2.75) is 84.5 Å². The molecule has 0 radical (unpaired) electrons. The Morgan fingerprint density at radius 2 is 0.737 bits per heavy atom. The molecule has 3 aliphatic carbocycles. The Morgan fingerprint density at radius 1 is 0.421 bits per heavy atom. The highest BCUT2D eigenvalue weighted by Crippen LogP contribution is 2.48. The Morgan fingerprint density at radius 3 is 1.11 bits per heavy atom. The van der Waals surface area contributed by atoms with Gasteiger partial charge in [-0.15, -0.1) is 0 Å². The van der Waals surface area contributed by atoms with Crippen molar-refractivity contribution in [3.63, 3.8) is 0 Å². The van der Waals surface area contributed by atoms with E-state index in [9.17, 15) is 0 Å². The van der Waals surface area contributed by atoms with E-state index < -0.39 is 0 Å². The SMILES string of the molecule is CC1CCC(C2CCC(C3CCC(C)CC3)C2)CC1. The minimum Gasteiger partial charge on any atom is -0.0625 e. The van der Waals surface area contributed by atoms with Gasteiger partial charge < -0.3 is 0 Å². The molecule has 0 amide bonds. The molecule has 0 N–H and O–H groups in total. The molecule has 0 aliphatic heterocycles. The first kappa shape index (κ1) is 14.0. The summed E-state index contributed by atoms with van der Waals surface area (Å²) in [6.45, 7) is 4.91. The molecule has 2 unspecified atom stereocenters. The van der Waals surface area contributed by atoms with Crippen molar-refractivity contribution in [3.8, 4) is 0 Å². The van der Waals surface area contributed by atoms with E-state index in [4.69, 9.17) is 0 Å². The molecule has 0 heterocycles. The Balaban J connectivity index is 1.47. The summed E-state index contributed by atoms with van der Waals surface area (Å²) in [6.07, 6.45) is 17.1. The van der Waals surface area contributed by atoms with E-state index in [1.165, 1.54) is 25.7 Å². The molecule has 0 aromatic carbocycles. The zero-order valence-corrected chi connectivity index (χ0v) is 13.2. The first-order chi connectivity index (χ1) is 9.22. The summed E-state index contributed by atoms with van der Waals surface area (Å²) in [7, 11) is 0. The summed E-state index contributed by atoms with van der Waals surface area (Å²) in [5.41, 5.74) is 0. The van der Waals surface area contributed by atoms with Gasteiger partial charge in [0.05, 0.1) is 0 Å². The molecular weight excluding hydrogens is 228 g/mol. The van der Waals surface area contributed by atoms with Crippen LogP contribution < -0.4 is 0 Å². The van der Waals surface area contributed by atoms with E-state index in [1.807, 2.05) is 0 Å². The lowest BCUT2D eigenvalue weighted by Gasteiger charge is -2.33. The maximum Gasteiger partial charge on any atom is -0.0383 e. The molecule has 3 rings (SSSR count). The van der Waals surface area contributed by atoms with Crippen molar-refractivity contribution in [2.24, 2.45) is 35.5 Å². The predicted molar refractivity (Wildman–Crippen MR) is 83.1 cm³/mol. The van der Waals surface area contributed by atoms with Crippen LogP contribution in [0.2, 0.25) is 0 Å². The smallest absolute Gasteiger partial charge is 0.0383 e. The fraction of sp³-hybridized carbons (Fsp3) is 1.00. The van der Waals surface area contributed by atoms with E-state index in [2.05, 4.69) is 13.8 Å². The third kappa shape index (κ3) is 3.37. The maximum atomic E-state index is 2.46. The molecule has 3 saturated carbocycles. The zero-order chi connectivity index (χ0) is 13.2. The van der Waals surface area contributed by atoms with E-state index in [-0.39, 0.29) is 0 Å². The molecular formula is C19H34. The van der Waals surface area contributed by atoms with Gasteiger partial charge in [0, 0.05) is 0 Å². The summed E-state index contributed by atoms with van der Waals surface area (Å²) in [6, 6.07) is 0. The van der Waals surface area contributed by atoms with Crippen LogP contribution in [0.25, 0.3) is 0 Å². The standard InChI is InChI=1S/C19H34/c1-14-3-7-16(8-4-14)18-11-12-19(13-18)17-9-5-15(2)6-10-17/h14-19H,3-13H2,1-2H3. The fourth-order valence-corrected chi connectivity index (χ4v) is 5.42. The maximum absolute atomic E-state index is 2.46. The molecule has 2 atom stereocenters. The molecule has 0 heteroatoms. The third-order valence-electron chi connectivity index (χ3n) is 6.97. The Hall–Kier alpha value is 0. The largest absolute Gasteiger partial charge is 0.0625 e. The van der Waals surface area contributed by atoms with Crippen molar-refractivity contribution in [2.75, 3.05) is 0 Å². The fourth-order valence-electron chi connectivity index (χ4n) is 5.42. The third-order valence-corrected chi connectivity index (χ3v) is 6.97. The lowest BCUT2D eigenvalue weighted by Crippen LogP contribution is -2.22. The van der Waals surface area contributed by atoms with Crippen molar-refractivity contribution < 1.29 is 0 Å². The summed E-state index contributed by atoms with van der Waals surface area (Å²) >= 11 is 0. The van der Waals surface area contributed by atoms with E-state index >= 15 is 0 Å². The average Bonchev–Trinajstić information content (AvgIpc) is 2.90. The van der Waals surface area contributed by atoms with Crippen LogP contribution >= 0.6 is 0 Å². The molecule has 0 bridgehead atoms. The van der Waals surface area contributed by atoms with E-state index in [0.29, 0.717) is 0 Å². The molecule has 3 aliphatic rings. The highest BCUT2D eigenvalue weighted by atomic mass is 14.4. The number of rotatable bonds is 2. The van der Waals surface area contributed by atoms with Crippen molar-refractivity contribution in [3.05, 3.63) is 0 Å². The van der Waals surface area contributed by atoms with Crippen LogP contribution in [0.1, 0.15) is 84.5 Å². The first-order valence-corrected chi connectivity index (χ1v) is 9.22. The quantitative estimate of drug-likeness (QED) is 0.568. The lowest BCUT2D eigenvalue weighted by molar-refractivity contribution is 0.184. The van der Waals surface area contributed by atoms with Gasteiger partial charge in [-0.05, 0) is 80.5 Å². The minimum atomic E-state index is 1.02. The first-order valence-electron chi connectivity index (χ1n) is 9.22. The average molecular weight is 262 g/mol. The minimum absolute atomic E-state index is 1.02.